The van der Waals surface area contributed by atoms with Crippen molar-refractivity contribution in [1.29, 1.82) is 0 Å². The third-order valence-corrected chi connectivity index (χ3v) is 2.39. The highest BCUT2D eigenvalue weighted by Gasteiger charge is 2.16. The lowest BCUT2D eigenvalue weighted by molar-refractivity contribution is -0.882. The number of ketones is 1. The summed E-state index contributed by atoms with van der Waals surface area (Å²) in [5.74, 6) is 0.0945. The van der Waals surface area contributed by atoms with Gasteiger partial charge in [0, 0.05) is 6.42 Å². The minimum atomic E-state index is -4.41. The van der Waals surface area contributed by atoms with E-state index in [0.717, 1.165) is 20.1 Å². The zero-order chi connectivity index (χ0) is 14.8. The van der Waals surface area contributed by atoms with Gasteiger partial charge in [-0.15, -0.1) is 0 Å². The van der Waals surface area contributed by atoms with Crippen molar-refractivity contribution in [3.8, 4) is 0 Å². The summed E-state index contributed by atoms with van der Waals surface area (Å²) >= 11 is 0. The molecule has 7 nitrogen and oxygen atoms in total. The summed E-state index contributed by atoms with van der Waals surface area (Å²) in [6.45, 7) is 5.58. The molecule has 0 saturated heterocycles. The molecule has 0 rings (SSSR count). The predicted molar refractivity (Wildman–Crippen MR) is 67.4 cm³/mol. The lowest BCUT2D eigenvalue weighted by Crippen LogP contribution is -2.44. The summed E-state index contributed by atoms with van der Waals surface area (Å²) in [7, 11) is 0.446. The van der Waals surface area contributed by atoms with Gasteiger partial charge in [-0.05, 0) is 12.6 Å². The van der Waals surface area contributed by atoms with Crippen LogP contribution in [0.15, 0.2) is 12.7 Å². The van der Waals surface area contributed by atoms with E-state index >= 15 is 0 Å². The summed E-state index contributed by atoms with van der Waals surface area (Å²) in [5, 5.41) is 0. The van der Waals surface area contributed by atoms with Crippen LogP contribution in [0, 0.1) is 0 Å². The van der Waals surface area contributed by atoms with Crippen molar-refractivity contribution in [1.82, 2.24) is 0 Å². The van der Waals surface area contributed by atoms with E-state index in [0.29, 0.717) is 17.6 Å². The van der Waals surface area contributed by atoms with Crippen LogP contribution in [0.2, 0.25) is 0 Å². The normalized spacial score (nSPS) is 11.4. The summed E-state index contributed by atoms with van der Waals surface area (Å²) in [6, 6.07) is 0. The summed E-state index contributed by atoms with van der Waals surface area (Å²) in [4.78, 5) is 11.0. The number of nitrogens with two attached hydrogens (primary N) is 1. The quantitative estimate of drug-likeness (QED) is 0.285. The van der Waals surface area contributed by atoms with Crippen LogP contribution in [-0.2, 0) is 19.4 Å². The number of carbonyl (C=O) groups excluding carboxylic acids is 1. The van der Waals surface area contributed by atoms with Gasteiger partial charge in [0.1, 0.15) is 6.54 Å². The SMILES string of the molecule is C=CC(=O)C[N+](C)(C)CCCN.COS(=O)(=O)[O-]. The molecule has 2 N–H and O–H groups in total. The fourth-order valence-electron chi connectivity index (χ4n) is 1.08. The van der Waals surface area contributed by atoms with Crippen molar-refractivity contribution in [3.63, 3.8) is 0 Å². The maximum absolute atomic E-state index is 11.0. The maximum Gasteiger partial charge on any atom is 0.217 e. The first-order valence-corrected chi connectivity index (χ1v) is 6.60. The molecule has 0 aromatic carbocycles. The second-order valence-electron chi connectivity index (χ2n) is 4.21. The first-order chi connectivity index (χ1) is 8.08. The second kappa shape index (κ2) is 9.17. The number of nitrogens with zero attached hydrogens (tertiary/aromatic N) is 1. The first-order valence-electron chi connectivity index (χ1n) is 5.26. The Bertz CT molecular complexity index is 351. The molecule has 0 atom stereocenters. The smallest absolute Gasteiger partial charge is 0.217 e. The monoisotopic (exact) mass is 282 g/mol. The molecule has 0 aromatic heterocycles. The van der Waals surface area contributed by atoms with Gasteiger partial charge in [0.15, 0.2) is 0 Å². The van der Waals surface area contributed by atoms with Crippen molar-refractivity contribution in [2.45, 2.75) is 6.42 Å². The molecule has 8 heteroatoms. The zero-order valence-electron chi connectivity index (χ0n) is 11.1. The molecule has 18 heavy (non-hydrogen) atoms. The van der Waals surface area contributed by atoms with Crippen molar-refractivity contribution < 1.29 is 26.4 Å². The third-order valence-electron chi connectivity index (χ3n) is 1.98. The molecule has 0 radical (unpaired) electrons. The van der Waals surface area contributed by atoms with Gasteiger partial charge < -0.3 is 14.8 Å². The molecule has 0 saturated carbocycles. The highest BCUT2D eigenvalue weighted by atomic mass is 32.3. The second-order valence-corrected chi connectivity index (χ2v) is 5.35. The van der Waals surface area contributed by atoms with Gasteiger partial charge in [-0.25, -0.2) is 8.42 Å². The molecule has 0 spiro atoms. The van der Waals surface area contributed by atoms with E-state index in [4.69, 9.17) is 5.73 Å². The number of hydrogen-bond donors (Lipinski definition) is 1. The van der Waals surface area contributed by atoms with Crippen molar-refractivity contribution >= 4 is 16.2 Å². The summed E-state index contributed by atoms with van der Waals surface area (Å²) < 4.78 is 31.7. The number of quaternary nitrogens is 1. The summed E-state index contributed by atoms with van der Waals surface area (Å²) in [6.07, 6.45) is 2.33. The Balaban J connectivity index is 0. The molecule has 0 aromatic rings. The highest BCUT2D eigenvalue weighted by molar-refractivity contribution is 7.80. The number of likely N-dealkylation sites (N-methyl/N-ethyl adjacent to an activating group) is 1. The molecule has 108 valence electrons. The lowest BCUT2D eigenvalue weighted by atomic mass is 10.3. The number of carbonyl (C=O) groups is 1. The van der Waals surface area contributed by atoms with Crippen LogP contribution < -0.4 is 5.73 Å². The van der Waals surface area contributed by atoms with E-state index in [1.54, 1.807) is 0 Å². The zero-order valence-corrected chi connectivity index (χ0v) is 11.9. The molecular formula is C10H22N2O5S. The van der Waals surface area contributed by atoms with Crippen LogP contribution in [0.5, 0.6) is 0 Å². The summed E-state index contributed by atoms with van der Waals surface area (Å²) in [5.41, 5.74) is 5.38. The third kappa shape index (κ3) is 15.2. The van der Waals surface area contributed by atoms with Gasteiger partial charge in [0.05, 0.1) is 27.7 Å². The Morgan fingerprint density at radius 2 is 1.94 bits per heavy atom. The molecule has 0 bridgehead atoms. The van der Waals surface area contributed by atoms with Gasteiger partial charge in [-0.1, -0.05) is 6.58 Å². The van der Waals surface area contributed by atoms with Crippen LogP contribution in [0.3, 0.4) is 0 Å². The van der Waals surface area contributed by atoms with E-state index < -0.39 is 10.4 Å². The van der Waals surface area contributed by atoms with Gasteiger partial charge in [-0.3, -0.25) is 8.98 Å². The average Bonchev–Trinajstić information content (AvgIpc) is 2.25. The van der Waals surface area contributed by atoms with Crippen LogP contribution >= 0.6 is 0 Å². The molecular weight excluding hydrogens is 260 g/mol. The van der Waals surface area contributed by atoms with Gasteiger partial charge in [-0.2, -0.15) is 0 Å². The minimum Gasteiger partial charge on any atom is -0.726 e. The molecule has 0 heterocycles. The Morgan fingerprint density at radius 3 is 2.22 bits per heavy atom. The molecule has 0 aliphatic carbocycles. The first kappa shape index (κ1) is 19.5. The Morgan fingerprint density at radius 1 is 1.50 bits per heavy atom. The van der Waals surface area contributed by atoms with E-state index in [2.05, 4.69) is 10.8 Å². The van der Waals surface area contributed by atoms with Gasteiger partial charge in [0.25, 0.3) is 0 Å². The molecule has 0 fully saturated rings. The van der Waals surface area contributed by atoms with Crippen LogP contribution in [0.25, 0.3) is 0 Å². The van der Waals surface area contributed by atoms with Crippen LogP contribution in [-0.4, -0.2) is 64.1 Å². The largest absolute Gasteiger partial charge is 0.726 e. The predicted octanol–water partition coefficient (Wildman–Crippen LogP) is -0.740. The van der Waals surface area contributed by atoms with Crippen LogP contribution in [0.4, 0.5) is 0 Å². The van der Waals surface area contributed by atoms with Crippen LogP contribution in [0.1, 0.15) is 6.42 Å². The van der Waals surface area contributed by atoms with Crippen molar-refractivity contribution in [2.24, 2.45) is 5.73 Å². The molecule has 0 amide bonds. The number of rotatable bonds is 7. The highest BCUT2D eigenvalue weighted by Crippen LogP contribution is 1.98. The molecule has 0 aliphatic heterocycles. The lowest BCUT2D eigenvalue weighted by Gasteiger charge is -2.28. The fraction of sp³-hybridized carbons (Fsp3) is 0.700. The fourth-order valence-corrected chi connectivity index (χ4v) is 1.08. The topological polar surface area (TPSA) is 110 Å². The van der Waals surface area contributed by atoms with Gasteiger partial charge >= 0.3 is 0 Å². The molecule has 0 aliphatic rings. The Labute approximate surface area is 109 Å². The van der Waals surface area contributed by atoms with E-state index in [9.17, 15) is 17.8 Å². The van der Waals surface area contributed by atoms with Gasteiger partial charge in [0.2, 0.25) is 16.2 Å². The molecule has 0 unspecified atom stereocenters. The van der Waals surface area contributed by atoms with E-state index in [-0.39, 0.29) is 5.78 Å². The Kier molecular flexibility index (Phi) is 9.96. The van der Waals surface area contributed by atoms with E-state index in [1.807, 2.05) is 14.1 Å². The average molecular weight is 282 g/mol. The standard InChI is InChI=1S/C9H19N2O.CH4O4S/c1-4-9(12)8-11(2,3)7-5-6-10;1-5-6(2,3)4/h4H,1,5-8,10H2,2-3H3;1H3,(H,2,3,4)/q+1;/p-1. The number of hydrogen-bond acceptors (Lipinski definition) is 6. The maximum atomic E-state index is 11.0. The minimum absolute atomic E-state index is 0.0945. The Hall–Kier alpha value is -0.800. The van der Waals surface area contributed by atoms with Crippen molar-refractivity contribution in [3.05, 3.63) is 12.7 Å². The van der Waals surface area contributed by atoms with E-state index in [1.165, 1.54) is 6.08 Å². The van der Waals surface area contributed by atoms with Crippen molar-refractivity contribution in [2.75, 3.05) is 40.8 Å².